The van der Waals surface area contributed by atoms with Gasteiger partial charge < -0.3 is 10.5 Å². The number of benzene rings is 1. The van der Waals surface area contributed by atoms with Crippen LogP contribution in [0.1, 0.15) is 24.5 Å². The van der Waals surface area contributed by atoms with Crippen LogP contribution in [0.25, 0.3) is 0 Å². The van der Waals surface area contributed by atoms with E-state index in [1.807, 2.05) is 6.07 Å². The predicted molar refractivity (Wildman–Crippen MR) is 59.1 cm³/mol. The van der Waals surface area contributed by atoms with Crippen LogP contribution >= 0.6 is 0 Å². The van der Waals surface area contributed by atoms with E-state index in [2.05, 4.69) is 32.0 Å². The Morgan fingerprint density at radius 1 is 1.43 bits per heavy atom. The summed E-state index contributed by atoms with van der Waals surface area (Å²) in [5.41, 5.74) is 8.23. The van der Waals surface area contributed by atoms with E-state index in [-0.39, 0.29) is 6.04 Å². The van der Waals surface area contributed by atoms with E-state index in [1.54, 1.807) is 0 Å². The highest BCUT2D eigenvalue weighted by Gasteiger charge is 1.99. The highest BCUT2D eigenvalue weighted by molar-refractivity contribution is 5.21. The maximum absolute atomic E-state index is 5.74. The summed E-state index contributed by atoms with van der Waals surface area (Å²) in [5.74, 6) is 0. The Balaban J connectivity index is 2.31. The molecule has 1 rings (SSSR count). The maximum atomic E-state index is 5.74. The van der Waals surface area contributed by atoms with E-state index in [0.29, 0.717) is 13.2 Å². The van der Waals surface area contributed by atoms with Crippen molar-refractivity contribution in [3.05, 3.63) is 35.4 Å². The molecule has 1 atom stereocenters. The van der Waals surface area contributed by atoms with Crippen molar-refractivity contribution in [2.24, 2.45) is 5.73 Å². The third-order valence-corrected chi connectivity index (χ3v) is 2.21. The molecule has 0 heterocycles. The van der Waals surface area contributed by atoms with E-state index >= 15 is 0 Å². The largest absolute Gasteiger partial charge is 0.375 e. The molecule has 0 saturated carbocycles. The average molecular weight is 193 g/mol. The Hall–Kier alpha value is -0.860. The molecular formula is C12H19NO. The lowest BCUT2D eigenvalue weighted by atomic mass is 10.1. The standard InChI is InChI=1S/C12H19NO/c1-3-12(13)9-14-8-11-6-4-5-10(2)7-11/h4-7,12H,3,8-9,13H2,1-2H3/t12-/m0/s1. The third kappa shape index (κ3) is 3.90. The number of rotatable bonds is 5. The van der Waals surface area contributed by atoms with Crippen molar-refractivity contribution in [3.63, 3.8) is 0 Å². The molecule has 0 bridgehead atoms. The van der Waals surface area contributed by atoms with Crippen LogP contribution in [0.3, 0.4) is 0 Å². The molecule has 0 amide bonds. The summed E-state index contributed by atoms with van der Waals surface area (Å²) in [7, 11) is 0. The first kappa shape index (κ1) is 11.2. The van der Waals surface area contributed by atoms with Crippen LogP contribution in [-0.4, -0.2) is 12.6 Å². The van der Waals surface area contributed by atoms with E-state index in [4.69, 9.17) is 10.5 Å². The van der Waals surface area contributed by atoms with Gasteiger partial charge in [0.1, 0.15) is 0 Å². The van der Waals surface area contributed by atoms with E-state index in [9.17, 15) is 0 Å². The Kier molecular flexibility index (Phi) is 4.63. The summed E-state index contributed by atoms with van der Waals surface area (Å²) in [6.07, 6.45) is 0.966. The van der Waals surface area contributed by atoms with Gasteiger partial charge in [0.15, 0.2) is 0 Å². The lowest BCUT2D eigenvalue weighted by Gasteiger charge is -2.09. The Labute approximate surface area is 86.1 Å². The fourth-order valence-corrected chi connectivity index (χ4v) is 1.25. The van der Waals surface area contributed by atoms with Crippen LogP contribution in [0, 0.1) is 6.92 Å². The summed E-state index contributed by atoms with van der Waals surface area (Å²) in [6.45, 7) is 5.46. The molecule has 2 N–H and O–H groups in total. The molecule has 1 aromatic rings. The zero-order valence-electron chi connectivity index (χ0n) is 8.99. The predicted octanol–water partition coefficient (Wildman–Crippen LogP) is 2.25. The molecule has 0 aliphatic heterocycles. The molecule has 0 saturated heterocycles. The number of nitrogens with two attached hydrogens (primary N) is 1. The molecule has 2 nitrogen and oxygen atoms in total. The van der Waals surface area contributed by atoms with Crippen molar-refractivity contribution in [1.29, 1.82) is 0 Å². The lowest BCUT2D eigenvalue weighted by molar-refractivity contribution is 0.107. The second-order valence-corrected chi connectivity index (χ2v) is 3.67. The Morgan fingerprint density at radius 3 is 2.86 bits per heavy atom. The van der Waals surface area contributed by atoms with Crippen LogP contribution in [0.4, 0.5) is 0 Å². The topological polar surface area (TPSA) is 35.2 Å². The van der Waals surface area contributed by atoms with Gasteiger partial charge in [0, 0.05) is 6.04 Å². The molecule has 0 aromatic heterocycles. The van der Waals surface area contributed by atoms with Gasteiger partial charge in [-0.15, -0.1) is 0 Å². The quantitative estimate of drug-likeness (QED) is 0.778. The summed E-state index contributed by atoms with van der Waals surface area (Å²) >= 11 is 0. The van der Waals surface area contributed by atoms with E-state index in [1.165, 1.54) is 11.1 Å². The molecule has 1 aromatic carbocycles. The first-order chi connectivity index (χ1) is 6.72. The number of hydrogen-bond donors (Lipinski definition) is 1. The lowest BCUT2D eigenvalue weighted by Crippen LogP contribution is -2.24. The van der Waals surface area contributed by atoms with Gasteiger partial charge in [-0.2, -0.15) is 0 Å². The molecule has 78 valence electrons. The monoisotopic (exact) mass is 193 g/mol. The molecule has 2 heteroatoms. The maximum Gasteiger partial charge on any atom is 0.0717 e. The summed E-state index contributed by atoms with van der Waals surface area (Å²) in [4.78, 5) is 0. The number of aryl methyl sites for hydroxylation is 1. The summed E-state index contributed by atoms with van der Waals surface area (Å²) in [5, 5.41) is 0. The van der Waals surface area contributed by atoms with Gasteiger partial charge in [-0.1, -0.05) is 36.8 Å². The van der Waals surface area contributed by atoms with Gasteiger partial charge in [0.05, 0.1) is 13.2 Å². The fourth-order valence-electron chi connectivity index (χ4n) is 1.25. The Bertz CT molecular complexity index is 273. The van der Waals surface area contributed by atoms with Gasteiger partial charge in [-0.3, -0.25) is 0 Å². The van der Waals surface area contributed by atoms with Crippen molar-refractivity contribution in [2.75, 3.05) is 6.61 Å². The van der Waals surface area contributed by atoms with Crippen molar-refractivity contribution >= 4 is 0 Å². The van der Waals surface area contributed by atoms with Crippen LogP contribution in [-0.2, 0) is 11.3 Å². The van der Waals surface area contributed by atoms with Crippen LogP contribution in [0.5, 0.6) is 0 Å². The highest BCUT2D eigenvalue weighted by Crippen LogP contribution is 2.05. The van der Waals surface area contributed by atoms with Crippen LogP contribution in [0.2, 0.25) is 0 Å². The van der Waals surface area contributed by atoms with E-state index < -0.39 is 0 Å². The van der Waals surface area contributed by atoms with Crippen LogP contribution in [0.15, 0.2) is 24.3 Å². The molecule has 14 heavy (non-hydrogen) atoms. The SMILES string of the molecule is CC[C@H](N)COCc1cccc(C)c1. The third-order valence-electron chi connectivity index (χ3n) is 2.21. The second-order valence-electron chi connectivity index (χ2n) is 3.67. The minimum absolute atomic E-state index is 0.166. The van der Waals surface area contributed by atoms with Gasteiger partial charge in [0.25, 0.3) is 0 Å². The minimum Gasteiger partial charge on any atom is -0.375 e. The molecule has 0 spiro atoms. The molecule has 0 aliphatic rings. The van der Waals surface area contributed by atoms with Crippen molar-refractivity contribution in [2.45, 2.75) is 32.9 Å². The van der Waals surface area contributed by atoms with Gasteiger partial charge in [0.2, 0.25) is 0 Å². The molecular weight excluding hydrogens is 174 g/mol. The highest BCUT2D eigenvalue weighted by atomic mass is 16.5. The van der Waals surface area contributed by atoms with Crippen molar-refractivity contribution in [3.8, 4) is 0 Å². The average Bonchev–Trinajstić information content (AvgIpc) is 2.17. The smallest absolute Gasteiger partial charge is 0.0717 e. The first-order valence-electron chi connectivity index (χ1n) is 5.11. The van der Waals surface area contributed by atoms with Crippen molar-refractivity contribution < 1.29 is 4.74 Å². The van der Waals surface area contributed by atoms with Gasteiger partial charge >= 0.3 is 0 Å². The summed E-state index contributed by atoms with van der Waals surface area (Å²) < 4.78 is 5.50. The number of hydrogen-bond acceptors (Lipinski definition) is 2. The minimum atomic E-state index is 0.166. The summed E-state index contributed by atoms with van der Waals surface area (Å²) in [6, 6.07) is 8.51. The fraction of sp³-hybridized carbons (Fsp3) is 0.500. The Morgan fingerprint density at radius 2 is 2.21 bits per heavy atom. The van der Waals surface area contributed by atoms with Gasteiger partial charge in [-0.05, 0) is 18.9 Å². The molecule has 0 unspecified atom stereocenters. The zero-order chi connectivity index (χ0) is 10.4. The van der Waals surface area contributed by atoms with Crippen molar-refractivity contribution in [1.82, 2.24) is 0 Å². The van der Waals surface area contributed by atoms with Gasteiger partial charge in [-0.25, -0.2) is 0 Å². The normalized spacial score (nSPS) is 12.8. The van der Waals surface area contributed by atoms with E-state index in [0.717, 1.165) is 6.42 Å². The zero-order valence-corrected chi connectivity index (χ0v) is 8.99. The first-order valence-corrected chi connectivity index (χ1v) is 5.11. The van der Waals surface area contributed by atoms with Crippen LogP contribution < -0.4 is 5.73 Å². The molecule has 0 fully saturated rings. The second kappa shape index (κ2) is 5.78. The number of ether oxygens (including phenoxy) is 1. The molecule has 0 radical (unpaired) electrons. The molecule has 0 aliphatic carbocycles.